The van der Waals surface area contributed by atoms with E-state index in [1.54, 1.807) is 12.4 Å². The number of aromatic amines is 1. The fourth-order valence-corrected chi connectivity index (χ4v) is 1.88. The third kappa shape index (κ3) is 4.43. The molecule has 1 heterocycles. The van der Waals surface area contributed by atoms with Crippen LogP contribution >= 0.6 is 0 Å². The van der Waals surface area contributed by atoms with Gasteiger partial charge in [-0.1, -0.05) is 12.1 Å². The highest BCUT2D eigenvalue weighted by Gasteiger charge is 2.12. The molecule has 0 saturated heterocycles. The van der Waals surface area contributed by atoms with Crippen LogP contribution in [0.25, 0.3) is 0 Å². The normalized spacial score (nSPS) is 12.4. The maximum atomic E-state index is 12.2. The Hall–Kier alpha value is -2.14. The molecule has 5 nitrogen and oxygen atoms in total. The molecule has 0 radical (unpaired) electrons. The first kappa shape index (κ1) is 15.3. The zero-order valence-corrected chi connectivity index (χ0v) is 12.6. The summed E-state index contributed by atoms with van der Waals surface area (Å²) in [6.45, 7) is 6.48. The molecule has 1 unspecified atom stereocenters. The number of carbonyl (C=O) groups is 1. The van der Waals surface area contributed by atoms with Crippen molar-refractivity contribution in [3.05, 3.63) is 53.3 Å². The van der Waals surface area contributed by atoms with Crippen molar-refractivity contribution in [2.24, 2.45) is 0 Å². The molecule has 0 aliphatic rings. The van der Waals surface area contributed by atoms with Gasteiger partial charge < -0.3 is 10.1 Å². The van der Waals surface area contributed by atoms with Crippen LogP contribution in [0.3, 0.4) is 0 Å². The summed E-state index contributed by atoms with van der Waals surface area (Å²) in [5, 5.41) is 9.56. The van der Waals surface area contributed by atoms with Gasteiger partial charge in [0.15, 0.2) is 0 Å². The molecule has 0 aliphatic heterocycles. The van der Waals surface area contributed by atoms with Crippen LogP contribution in [0.2, 0.25) is 0 Å². The van der Waals surface area contributed by atoms with E-state index in [9.17, 15) is 4.79 Å². The van der Waals surface area contributed by atoms with Crippen molar-refractivity contribution < 1.29 is 9.53 Å². The van der Waals surface area contributed by atoms with Crippen LogP contribution in [0.1, 0.15) is 48.3 Å². The van der Waals surface area contributed by atoms with Crippen LogP contribution in [-0.2, 0) is 11.3 Å². The van der Waals surface area contributed by atoms with Gasteiger partial charge in [0.1, 0.15) is 0 Å². The molecule has 0 saturated carbocycles. The summed E-state index contributed by atoms with van der Waals surface area (Å²) >= 11 is 0. The van der Waals surface area contributed by atoms with Crippen molar-refractivity contribution in [3.63, 3.8) is 0 Å². The Morgan fingerprint density at radius 3 is 2.57 bits per heavy atom. The van der Waals surface area contributed by atoms with Crippen LogP contribution in [0.4, 0.5) is 0 Å². The quantitative estimate of drug-likeness (QED) is 0.858. The minimum Gasteiger partial charge on any atom is -0.374 e. The van der Waals surface area contributed by atoms with E-state index >= 15 is 0 Å². The van der Waals surface area contributed by atoms with Gasteiger partial charge in [0.25, 0.3) is 5.91 Å². The fourth-order valence-electron chi connectivity index (χ4n) is 1.88. The number of hydrogen-bond donors (Lipinski definition) is 2. The molecule has 21 heavy (non-hydrogen) atoms. The third-order valence-electron chi connectivity index (χ3n) is 3.17. The molecule has 0 spiro atoms. The highest BCUT2D eigenvalue weighted by molar-refractivity contribution is 5.94. The van der Waals surface area contributed by atoms with Gasteiger partial charge in [-0.05, 0) is 38.5 Å². The van der Waals surface area contributed by atoms with E-state index in [2.05, 4.69) is 15.5 Å². The first-order valence-corrected chi connectivity index (χ1v) is 7.06. The van der Waals surface area contributed by atoms with E-state index in [1.807, 2.05) is 45.0 Å². The number of H-pyrrole nitrogens is 1. The average molecular weight is 287 g/mol. The number of rotatable bonds is 6. The molecular weight excluding hydrogens is 266 g/mol. The lowest BCUT2D eigenvalue weighted by Crippen LogP contribution is -2.26. The maximum absolute atomic E-state index is 12.2. The van der Waals surface area contributed by atoms with Gasteiger partial charge in [-0.15, -0.1) is 0 Å². The summed E-state index contributed by atoms with van der Waals surface area (Å²) in [6, 6.07) is 7.38. The predicted octanol–water partition coefficient (Wildman–Crippen LogP) is 2.83. The second-order valence-corrected chi connectivity index (χ2v) is 5.28. The summed E-state index contributed by atoms with van der Waals surface area (Å²) < 4.78 is 5.53. The van der Waals surface area contributed by atoms with Gasteiger partial charge in [-0.25, -0.2) is 0 Å². The molecular formula is C16H21N3O2. The highest BCUT2D eigenvalue weighted by atomic mass is 16.5. The topological polar surface area (TPSA) is 67.0 Å². The SMILES string of the molecule is CC(C)OCc1ccc(C(=O)NC(C)c2cn[nH]c2)cc1. The van der Waals surface area contributed by atoms with Gasteiger partial charge in [0.05, 0.1) is 24.9 Å². The number of nitrogens with zero attached hydrogens (tertiary/aromatic N) is 1. The second-order valence-electron chi connectivity index (χ2n) is 5.28. The van der Waals surface area contributed by atoms with E-state index in [1.165, 1.54) is 0 Å². The number of hydrogen-bond acceptors (Lipinski definition) is 3. The molecule has 1 aromatic heterocycles. The molecule has 2 aromatic rings. The Kier molecular flexibility index (Phi) is 5.11. The zero-order chi connectivity index (χ0) is 15.2. The lowest BCUT2D eigenvalue weighted by atomic mass is 10.1. The molecule has 0 aliphatic carbocycles. The zero-order valence-electron chi connectivity index (χ0n) is 12.6. The predicted molar refractivity (Wildman–Crippen MR) is 80.8 cm³/mol. The lowest BCUT2D eigenvalue weighted by Gasteiger charge is -2.12. The molecule has 2 rings (SSSR count). The number of nitrogens with one attached hydrogen (secondary N) is 2. The van der Waals surface area contributed by atoms with Crippen molar-refractivity contribution in [2.75, 3.05) is 0 Å². The molecule has 2 N–H and O–H groups in total. The average Bonchev–Trinajstić information content (AvgIpc) is 3.00. The maximum Gasteiger partial charge on any atom is 0.251 e. The standard InChI is InChI=1S/C16H21N3O2/c1-11(2)21-10-13-4-6-14(7-5-13)16(20)19-12(3)15-8-17-18-9-15/h4-9,11-12H,10H2,1-3H3,(H,17,18)(H,19,20). The van der Waals surface area contributed by atoms with E-state index in [0.717, 1.165) is 11.1 Å². The summed E-state index contributed by atoms with van der Waals surface area (Å²) in [4.78, 5) is 12.2. The largest absolute Gasteiger partial charge is 0.374 e. The first-order chi connectivity index (χ1) is 10.1. The minimum atomic E-state index is -0.0972. The number of carbonyl (C=O) groups excluding carboxylic acids is 1. The summed E-state index contributed by atoms with van der Waals surface area (Å²) in [5.41, 5.74) is 2.65. The molecule has 0 bridgehead atoms. The monoisotopic (exact) mass is 287 g/mol. The van der Waals surface area contributed by atoms with Crippen LogP contribution in [0.15, 0.2) is 36.7 Å². The molecule has 0 fully saturated rings. The van der Waals surface area contributed by atoms with Crippen molar-refractivity contribution in [1.29, 1.82) is 0 Å². The van der Waals surface area contributed by atoms with Crippen molar-refractivity contribution in [3.8, 4) is 0 Å². The Balaban J connectivity index is 1.93. The Morgan fingerprint density at radius 2 is 2.00 bits per heavy atom. The van der Waals surface area contributed by atoms with Gasteiger partial charge in [0.2, 0.25) is 0 Å². The highest BCUT2D eigenvalue weighted by Crippen LogP contribution is 2.12. The van der Waals surface area contributed by atoms with E-state index < -0.39 is 0 Å². The summed E-state index contributed by atoms with van der Waals surface area (Å²) in [5.74, 6) is -0.0972. The van der Waals surface area contributed by atoms with Gasteiger partial charge in [-0.2, -0.15) is 5.10 Å². The Labute approximate surface area is 124 Å². The minimum absolute atomic E-state index is 0.0831. The molecule has 5 heteroatoms. The third-order valence-corrected chi connectivity index (χ3v) is 3.17. The van der Waals surface area contributed by atoms with Crippen LogP contribution in [0.5, 0.6) is 0 Å². The molecule has 112 valence electrons. The number of benzene rings is 1. The molecule has 1 amide bonds. The fraction of sp³-hybridized carbons (Fsp3) is 0.375. The molecule has 1 atom stereocenters. The van der Waals surface area contributed by atoms with Gasteiger partial charge in [-0.3, -0.25) is 9.89 Å². The van der Waals surface area contributed by atoms with Gasteiger partial charge >= 0.3 is 0 Å². The number of amides is 1. The van der Waals surface area contributed by atoms with E-state index in [0.29, 0.717) is 12.2 Å². The van der Waals surface area contributed by atoms with Crippen molar-refractivity contribution >= 4 is 5.91 Å². The number of ether oxygens (including phenoxy) is 1. The Morgan fingerprint density at radius 1 is 1.29 bits per heavy atom. The summed E-state index contributed by atoms with van der Waals surface area (Å²) in [6.07, 6.45) is 3.68. The summed E-state index contributed by atoms with van der Waals surface area (Å²) in [7, 11) is 0. The smallest absolute Gasteiger partial charge is 0.251 e. The van der Waals surface area contributed by atoms with Crippen molar-refractivity contribution in [2.45, 2.75) is 39.5 Å². The van der Waals surface area contributed by atoms with Gasteiger partial charge in [0, 0.05) is 17.3 Å². The number of aromatic nitrogens is 2. The first-order valence-electron chi connectivity index (χ1n) is 7.06. The lowest BCUT2D eigenvalue weighted by molar-refractivity contribution is 0.0656. The second kappa shape index (κ2) is 7.04. The van der Waals surface area contributed by atoms with Crippen LogP contribution in [-0.4, -0.2) is 22.2 Å². The molecule has 1 aromatic carbocycles. The van der Waals surface area contributed by atoms with Crippen LogP contribution in [0, 0.1) is 0 Å². The van der Waals surface area contributed by atoms with Crippen molar-refractivity contribution in [1.82, 2.24) is 15.5 Å². The van der Waals surface area contributed by atoms with E-state index in [-0.39, 0.29) is 18.1 Å². The Bertz CT molecular complexity index is 562. The van der Waals surface area contributed by atoms with E-state index in [4.69, 9.17) is 4.74 Å². The van der Waals surface area contributed by atoms with Crippen LogP contribution < -0.4 is 5.32 Å².